The van der Waals surface area contributed by atoms with Gasteiger partial charge in [0.1, 0.15) is 11.9 Å². The Morgan fingerprint density at radius 2 is 1.72 bits per heavy atom. The molecule has 7 nitrogen and oxygen atoms in total. The third kappa shape index (κ3) is 8.64. The summed E-state index contributed by atoms with van der Waals surface area (Å²) in [4.78, 5) is 27.8. The lowest BCUT2D eigenvalue weighted by molar-refractivity contribution is -0.141. The first-order valence-electron chi connectivity index (χ1n) is 11.6. The summed E-state index contributed by atoms with van der Waals surface area (Å²) in [5.74, 6) is -1.08. The topological polar surface area (TPSA) is 86.8 Å². The maximum absolute atomic E-state index is 13.4. The molecule has 0 aliphatic heterocycles. The fourth-order valence-electron chi connectivity index (χ4n) is 3.74. The smallest absolute Gasteiger partial charge is 0.243 e. The second kappa shape index (κ2) is 13.3. The molecular weight excluding hydrogens is 528 g/mol. The highest BCUT2D eigenvalue weighted by Crippen LogP contribution is 2.25. The molecule has 0 fully saturated rings. The number of nitrogens with zero attached hydrogens (tertiary/aromatic N) is 2. The number of carbonyl (C=O) groups excluding carboxylic acids is 2. The highest BCUT2D eigenvalue weighted by molar-refractivity contribution is 7.92. The van der Waals surface area contributed by atoms with E-state index in [1.54, 1.807) is 18.2 Å². The van der Waals surface area contributed by atoms with Gasteiger partial charge >= 0.3 is 0 Å². The van der Waals surface area contributed by atoms with Crippen LogP contribution in [-0.4, -0.2) is 50.0 Å². The molecule has 198 valence electrons. The number of anilines is 1. The van der Waals surface area contributed by atoms with E-state index < -0.39 is 21.9 Å². The molecule has 0 radical (unpaired) electrons. The summed E-state index contributed by atoms with van der Waals surface area (Å²) in [7, 11) is -3.66. The molecule has 0 aliphatic rings. The Morgan fingerprint density at radius 1 is 1.08 bits per heavy atom. The summed E-state index contributed by atoms with van der Waals surface area (Å²) < 4.78 is 39.1. The zero-order valence-corrected chi connectivity index (χ0v) is 23.1. The zero-order chi connectivity index (χ0) is 27.0. The highest BCUT2D eigenvalue weighted by atomic mass is 35.5. The molecule has 1 atom stereocenters. The lowest BCUT2D eigenvalue weighted by atomic mass is 10.1. The molecule has 0 heterocycles. The Hall–Kier alpha value is -2.36. The second-order valence-electron chi connectivity index (χ2n) is 8.76. The van der Waals surface area contributed by atoms with E-state index in [1.807, 2.05) is 20.8 Å². The van der Waals surface area contributed by atoms with E-state index in [-0.39, 0.29) is 43.8 Å². The summed E-state index contributed by atoms with van der Waals surface area (Å²) in [5, 5.41) is 3.68. The maximum atomic E-state index is 13.4. The van der Waals surface area contributed by atoms with Gasteiger partial charge in [0.15, 0.2) is 0 Å². The van der Waals surface area contributed by atoms with Crippen LogP contribution in [0.3, 0.4) is 0 Å². The largest absolute Gasteiger partial charge is 0.352 e. The lowest BCUT2D eigenvalue weighted by Gasteiger charge is -2.32. The van der Waals surface area contributed by atoms with Crippen LogP contribution in [-0.2, 0) is 26.2 Å². The molecule has 2 aromatic carbocycles. The third-order valence-corrected chi connectivity index (χ3v) is 7.22. The van der Waals surface area contributed by atoms with Gasteiger partial charge in [-0.1, -0.05) is 36.2 Å². The van der Waals surface area contributed by atoms with E-state index in [4.69, 9.17) is 23.2 Å². The van der Waals surface area contributed by atoms with Crippen molar-refractivity contribution in [2.45, 2.75) is 58.7 Å². The Labute approximate surface area is 222 Å². The summed E-state index contributed by atoms with van der Waals surface area (Å²) in [6.45, 7) is 5.59. The SMILES string of the molecule is CC[C@@H](C(=O)NC(C)C)N(Cc1ccc(Cl)cc1Cl)C(=O)CCCN(c1ccc(F)cc1)S(C)(=O)=O. The first-order valence-corrected chi connectivity index (χ1v) is 14.2. The molecule has 0 bridgehead atoms. The molecule has 2 aromatic rings. The highest BCUT2D eigenvalue weighted by Gasteiger charge is 2.29. The molecule has 0 spiro atoms. The predicted octanol–water partition coefficient (Wildman–Crippen LogP) is 5.01. The van der Waals surface area contributed by atoms with Gasteiger partial charge in [0.05, 0.1) is 11.9 Å². The lowest BCUT2D eigenvalue weighted by Crippen LogP contribution is -2.50. The van der Waals surface area contributed by atoms with Gasteiger partial charge in [-0.25, -0.2) is 12.8 Å². The summed E-state index contributed by atoms with van der Waals surface area (Å²) >= 11 is 12.3. The molecule has 0 aliphatic carbocycles. The van der Waals surface area contributed by atoms with Crippen molar-refractivity contribution in [3.63, 3.8) is 0 Å². The van der Waals surface area contributed by atoms with Crippen LogP contribution < -0.4 is 9.62 Å². The molecule has 0 aromatic heterocycles. The predicted molar refractivity (Wildman–Crippen MR) is 142 cm³/mol. The van der Waals surface area contributed by atoms with E-state index in [9.17, 15) is 22.4 Å². The molecule has 2 amide bonds. The van der Waals surface area contributed by atoms with Crippen molar-refractivity contribution in [1.29, 1.82) is 0 Å². The van der Waals surface area contributed by atoms with Gasteiger partial charge in [-0.3, -0.25) is 13.9 Å². The minimum atomic E-state index is -3.66. The van der Waals surface area contributed by atoms with Crippen LogP contribution in [0.4, 0.5) is 10.1 Å². The number of benzene rings is 2. The van der Waals surface area contributed by atoms with E-state index in [2.05, 4.69) is 5.32 Å². The molecular formula is C25H32Cl2FN3O4S. The molecule has 2 rings (SSSR count). The van der Waals surface area contributed by atoms with E-state index in [0.717, 1.165) is 10.6 Å². The maximum Gasteiger partial charge on any atom is 0.243 e. The average molecular weight is 561 g/mol. The van der Waals surface area contributed by atoms with E-state index in [0.29, 0.717) is 27.7 Å². The minimum absolute atomic E-state index is 0.0100. The Balaban J connectivity index is 2.25. The van der Waals surface area contributed by atoms with Crippen molar-refractivity contribution in [3.05, 3.63) is 63.9 Å². The van der Waals surface area contributed by atoms with Crippen LogP contribution in [0.5, 0.6) is 0 Å². The Kier molecular flexibility index (Phi) is 11.0. The number of halogens is 3. The minimum Gasteiger partial charge on any atom is -0.352 e. The summed E-state index contributed by atoms with van der Waals surface area (Å²) in [6, 6.07) is 9.18. The van der Waals surface area contributed by atoms with Gasteiger partial charge in [-0.2, -0.15) is 0 Å². The quantitative estimate of drug-likeness (QED) is 0.396. The van der Waals surface area contributed by atoms with Crippen LogP contribution in [0.25, 0.3) is 0 Å². The molecule has 0 saturated carbocycles. The summed E-state index contributed by atoms with van der Waals surface area (Å²) in [5.41, 5.74) is 0.938. The Bertz CT molecular complexity index is 1160. The molecule has 11 heteroatoms. The number of hydrogen-bond acceptors (Lipinski definition) is 4. The number of amides is 2. The van der Waals surface area contributed by atoms with Gasteiger partial charge < -0.3 is 10.2 Å². The molecule has 0 saturated heterocycles. The van der Waals surface area contributed by atoms with E-state index in [1.165, 1.54) is 29.2 Å². The molecule has 1 N–H and O–H groups in total. The normalized spacial score (nSPS) is 12.3. The van der Waals surface area contributed by atoms with Gasteiger partial charge in [-0.05, 0) is 68.7 Å². The van der Waals surface area contributed by atoms with Crippen LogP contribution in [0.1, 0.15) is 45.6 Å². The summed E-state index contributed by atoms with van der Waals surface area (Å²) in [6.07, 6.45) is 1.61. The fraction of sp³-hybridized carbons (Fsp3) is 0.440. The molecule has 36 heavy (non-hydrogen) atoms. The van der Waals surface area contributed by atoms with Crippen molar-refractivity contribution >= 4 is 50.7 Å². The zero-order valence-electron chi connectivity index (χ0n) is 20.8. The van der Waals surface area contributed by atoms with Gasteiger partial charge in [0.25, 0.3) is 0 Å². The Morgan fingerprint density at radius 3 is 2.25 bits per heavy atom. The van der Waals surface area contributed by atoms with Crippen LogP contribution in [0.2, 0.25) is 10.0 Å². The van der Waals surface area contributed by atoms with E-state index >= 15 is 0 Å². The van der Waals surface area contributed by atoms with Crippen molar-refractivity contribution in [1.82, 2.24) is 10.2 Å². The standard InChI is InChI=1S/C25H32Cl2FN3O4S/c1-5-23(25(33)29-17(2)3)30(16-18-8-9-19(26)15-22(18)27)24(32)7-6-14-31(36(4,34)35)21-12-10-20(28)11-13-21/h8-13,15,17,23H,5-7,14,16H2,1-4H3,(H,29,33)/t23-/m0/s1. The van der Waals surface area contributed by atoms with Crippen molar-refractivity contribution in [2.75, 3.05) is 17.1 Å². The first kappa shape index (κ1) is 29.9. The van der Waals surface area contributed by atoms with Crippen molar-refractivity contribution in [3.8, 4) is 0 Å². The van der Waals surface area contributed by atoms with Crippen molar-refractivity contribution < 1.29 is 22.4 Å². The van der Waals surface area contributed by atoms with Crippen LogP contribution >= 0.6 is 23.2 Å². The first-order chi connectivity index (χ1) is 16.8. The number of nitrogens with one attached hydrogen (secondary N) is 1. The number of carbonyl (C=O) groups is 2. The number of sulfonamides is 1. The average Bonchev–Trinajstić information content (AvgIpc) is 2.77. The second-order valence-corrected chi connectivity index (χ2v) is 11.5. The van der Waals surface area contributed by atoms with Crippen molar-refractivity contribution in [2.24, 2.45) is 0 Å². The third-order valence-electron chi connectivity index (χ3n) is 5.44. The van der Waals surface area contributed by atoms with Crippen LogP contribution in [0.15, 0.2) is 42.5 Å². The number of hydrogen-bond donors (Lipinski definition) is 1. The van der Waals surface area contributed by atoms with Gasteiger partial charge in [0.2, 0.25) is 21.8 Å². The fourth-order valence-corrected chi connectivity index (χ4v) is 5.18. The van der Waals surface area contributed by atoms with Gasteiger partial charge in [0, 0.05) is 35.6 Å². The van der Waals surface area contributed by atoms with Crippen LogP contribution in [0, 0.1) is 5.82 Å². The monoisotopic (exact) mass is 559 g/mol. The number of rotatable bonds is 12. The van der Waals surface area contributed by atoms with Gasteiger partial charge in [-0.15, -0.1) is 0 Å². The molecule has 0 unspecified atom stereocenters.